The first kappa shape index (κ1) is 17.5. The van der Waals surface area contributed by atoms with Crippen molar-refractivity contribution in [3.63, 3.8) is 0 Å². The van der Waals surface area contributed by atoms with Crippen LogP contribution in [-0.4, -0.2) is 18.9 Å². The summed E-state index contributed by atoms with van der Waals surface area (Å²) in [5.41, 5.74) is 0.914. The maximum absolute atomic E-state index is 12.6. The van der Waals surface area contributed by atoms with Gasteiger partial charge in [-0.05, 0) is 44.5 Å². The summed E-state index contributed by atoms with van der Waals surface area (Å²) >= 11 is 0. The van der Waals surface area contributed by atoms with Crippen molar-refractivity contribution in [3.8, 4) is 5.75 Å². The van der Waals surface area contributed by atoms with Crippen molar-refractivity contribution >= 4 is 23.2 Å². The third-order valence-electron chi connectivity index (χ3n) is 3.88. The molecule has 0 aliphatic rings. The van der Waals surface area contributed by atoms with E-state index in [4.69, 9.17) is 4.74 Å². The van der Waals surface area contributed by atoms with Gasteiger partial charge in [0.2, 0.25) is 11.8 Å². The number of aryl methyl sites for hydroxylation is 1. The molecule has 24 heavy (non-hydrogen) atoms. The normalized spacial score (nSPS) is 10.8. The van der Waals surface area contributed by atoms with Crippen LogP contribution in [0.25, 0.3) is 0 Å². The minimum atomic E-state index is -1.25. The molecule has 2 aromatic rings. The van der Waals surface area contributed by atoms with Crippen LogP contribution in [0.2, 0.25) is 0 Å². The van der Waals surface area contributed by atoms with Gasteiger partial charge in [-0.25, -0.2) is 0 Å². The lowest BCUT2D eigenvalue weighted by atomic mass is 9.90. The van der Waals surface area contributed by atoms with Crippen molar-refractivity contribution in [2.45, 2.75) is 20.8 Å². The summed E-state index contributed by atoms with van der Waals surface area (Å²) in [7, 11) is 1.53. The lowest BCUT2D eigenvalue weighted by molar-refractivity contribution is -0.135. The van der Waals surface area contributed by atoms with E-state index in [-0.39, 0.29) is 5.91 Å². The van der Waals surface area contributed by atoms with Crippen LogP contribution in [-0.2, 0) is 9.59 Å². The zero-order valence-electron chi connectivity index (χ0n) is 14.3. The summed E-state index contributed by atoms with van der Waals surface area (Å²) < 4.78 is 5.22. The molecule has 0 saturated heterocycles. The van der Waals surface area contributed by atoms with Crippen molar-refractivity contribution in [2.75, 3.05) is 17.7 Å². The van der Waals surface area contributed by atoms with Gasteiger partial charge in [-0.15, -0.1) is 0 Å². The number of carbonyl (C=O) groups excluding carboxylic acids is 2. The molecule has 5 nitrogen and oxygen atoms in total. The monoisotopic (exact) mass is 326 g/mol. The quantitative estimate of drug-likeness (QED) is 0.825. The zero-order chi connectivity index (χ0) is 17.7. The standard InChI is InChI=1S/C19H22N2O3/c1-13-9-5-6-10-14(13)20-17(22)19(2,3)18(23)21-15-11-7-8-12-16(15)24-4/h5-12H,1-4H3,(H,20,22)(H,21,23). The second-order valence-electron chi connectivity index (χ2n) is 6.05. The van der Waals surface area contributed by atoms with Gasteiger partial charge in [-0.2, -0.15) is 0 Å². The van der Waals surface area contributed by atoms with E-state index >= 15 is 0 Å². The van der Waals surface area contributed by atoms with Gasteiger partial charge in [-0.3, -0.25) is 9.59 Å². The van der Waals surface area contributed by atoms with E-state index in [0.717, 1.165) is 5.56 Å². The minimum absolute atomic E-state index is 0.371. The molecular weight excluding hydrogens is 304 g/mol. The summed E-state index contributed by atoms with van der Waals surface area (Å²) in [6.45, 7) is 5.08. The van der Waals surface area contributed by atoms with E-state index in [1.54, 1.807) is 38.1 Å². The Morgan fingerprint density at radius 3 is 1.96 bits per heavy atom. The highest BCUT2D eigenvalue weighted by atomic mass is 16.5. The van der Waals surface area contributed by atoms with E-state index in [9.17, 15) is 9.59 Å². The fraction of sp³-hybridized carbons (Fsp3) is 0.263. The van der Waals surface area contributed by atoms with Crippen molar-refractivity contribution in [3.05, 3.63) is 54.1 Å². The summed E-state index contributed by atoms with van der Waals surface area (Å²) in [5.74, 6) is -0.233. The lowest BCUT2D eigenvalue weighted by Crippen LogP contribution is -2.41. The van der Waals surface area contributed by atoms with E-state index in [1.807, 2.05) is 31.2 Å². The third-order valence-corrected chi connectivity index (χ3v) is 3.88. The van der Waals surface area contributed by atoms with Crippen LogP contribution in [0.4, 0.5) is 11.4 Å². The van der Waals surface area contributed by atoms with E-state index in [2.05, 4.69) is 10.6 Å². The van der Waals surface area contributed by atoms with Gasteiger partial charge >= 0.3 is 0 Å². The number of methoxy groups -OCH3 is 1. The minimum Gasteiger partial charge on any atom is -0.495 e. The van der Waals surface area contributed by atoms with Gasteiger partial charge < -0.3 is 15.4 Å². The Bertz CT molecular complexity index is 754. The molecule has 0 aliphatic heterocycles. The molecule has 0 heterocycles. The van der Waals surface area contributed by atoms with Crippen molar-refractivity contribution in [1.82, 2.24) is 0 Å². The van der Waals surface area contributed by atoms with Crippen LogP contribution in [0, 0.1) is 12.3 Å². The van der Waals surface area contributed by atoms with Crippen LogP contribution in [0.1, 0.15) is 19.4 Å². The summed E-state index contributed by atoms with van der Waals surface area (Å²) in [4.78, 5) is 25.2. The Balaban J connectivity index is 2.15. The third kappa shape index (κ3) is 3.74. The van der Waals surface area contributed by atoms with Gasteiger partial charge in [0.15, 0.2) is 0 Å². The average molecular weight is 326 g/mol. The van der Waals surface area contributed by atoms with Crippen LogP contribution in [0.3, 0.4) is 0 Å². The predicted octanol–water partition coefficient (Wildman–Crippen LogP) is 3.61. The van der Waals surface area contributed by atoms with Gasteiger partial charge in [0.25, 0.3) is 0 Å². The number of para-hydroxylation sites is 3. The summed E-state index contributed by atoms with van der Waals surface area (Å²) in [6.07, 6.45) is 0. The lowest BCUT2D eigenvalue weighted by Gasteiger charge is -2.23. The second-order valence-corrected chi connectivity index (χ2v) is 6.05. The SMILES string of the molecule is COc1ccccc1NC(=O)C(C)(C)C(=O)Nc1ccccc1C. The van der Waals surface area contributed by atoms with E-state index in [1.165, 1.54) is 7.11 Å². The van der Waals surface area contributed by atoms with Crippen molar-refractivity contribution < 1.29 is 14.3 Å². The number of rotatable bonds is 5. The molecule has 2 amide bonds. The highest BCUT2D eigenvalue weighted by molar-refractivity contribution is 6.14. The first-order chi connectivity index (χ1) is 11.4. The molecule has 5 heteroatoms. The maximum atomic E-state index is 12.6. The molecular formula is C19H22N2O3. The molecule has 0 aliphatic carbocycles. The Kier molecular flexibility index (Phi) is 5.24. The first-order valence-electron chi connectivity index (χ1n) is 7.68. The van der Waals surface area contributed by atoms with Crippen LogP contribution >= 0.6 is 0 Å². The van der Waals surface area contributed by atoms with Gasteiger partial charge in [0.1, 0.15) is 11.2 Å². The van der Waals surface area contributed by atoms with E-state index < -0.39 is 11.3 Å². The number of hydrogen-bond acceptors (Lipinski definition) is 3. The number of hydrogen-bond donors (Lipinski definition) is 2. The molecule has 0 aromatic heterocycles. The number of anilines is 2. The molecule has 0 bridgehead atoms. The molecule has 0 radical (unpaired) electrons. The van der Waals surface area contributed by atoms with Gasteiger partial charge in [0.05, 0.1) is 12.8 Å². The molecule has 2 N–H and O–H groups in total. The molecule has 2 rings (SSSR count). The largest absolute Gasteiger partial charge is 0.495 e. The zero-order valence-corrected chi connectivity index (χ0v) is 14.3. The molecule has 2 aromatic carbocycles. The predicted molar refractivity (Wildman–Crippen MR) is 95.2 cm³/mol. The number of nitrogens with one attached hydrogen (secondary N) is 2. The van der Waals surface area contributed by atoms with Gasteiger partial charge in [-0.1, -0.05) is 30.3 Å². The summed E-state index contributed by atoms with van der Waals surface area (Å²) in [5, 5.41) is 5.57. The Morgan fingerprint density at radius 2 is 1.38 bits per heavy atom. The highest BCUT2D eigenvalue weighted by Crippen LogP contribution is 2.27. The Morgan fingerprint density at radius 1 is 0.875 bits per heavy atom. The molecule has 0 unspecified atom stereocenters. The molecule has 0 atom stereocenters. The van der Waals surface area contributed by atoms with Crippen molar-refractivity contribution in [1.29, 1.82) is 0 Å². The first-order valence-corrected chi connectivity index (χ1v) is 7.68. The van der Waals surface area contributed by atoms with Crippen molar-refractivity contribution in [2.24, 2.45) is 5.41 Å². The van der Waals surface area contributed by atoms with Crippen LogP contribution in [0.5, 0.6) is 5.75 Å². The van der Waals surface area contributed by atoms with E-state index in [0.29, 0.717) is 17.1 Å². The Hall–Kier alpha value is -2.82. The average Bonchev–Trinajstić information content (AvgIpc) is 2.57. The fourth-order valence-electron chi connectivity index (χ4n) is 2.12. The number of benzene rings is 2. The second kappa shape index (κ2) is 7.17. The number of ether oxygens (including phenoxy) is 1. The summed E-state index contributed by atoms with van der Waals surface area (Å²) in [6, 6.07) is 14.5. The molecule has 126 valence electrons. The smallest absolute Gasteiger partial charge is 0.239 e. The number of carbonyl (C=O) groups is 2. The Labute approximate surface area is 142 Å². The highest BCUT2D eigenvalue weighted by Gasteiger charge is 2.36. The molecule has 0 spiro atoms. The molecule has 0 saturated carbocycles. The maximum Gasteiger partial charge on any atom is 0.239 e. The number of amides is 2. The van der Waals surface area contributed by atoms with Crippen LogP contribution < -0.4 is 15.4 Å². The van der Waals surface area contributed by atoms with Crippen LogP contribution in [0.15, 0.2) is 48.5 Å². The molecule has 0 fully saturated rings. The fourth-order valence-corrected chi connectivity index (χ4v) is 2.12. The van der Waals surface area contributed by atoms with Gasteiger partial charge in [0, 0.05) is 5.69 Å². The topological polar surface area (TPSA) is 67.4 Å².